The Morgan fingerprint density at radius 2 is 2.10 bits per heavy atom. The maximum atomic E-state index is 12.2. The van der Waals surface area contributed by atoms with Gasteiger partial charge in [-0.2, -0.15) is 0 Å². The number of carbonyl (C=O) groups is 3. The van der Waals surface area contributed by atoms with Crippen LogP contribution in [0.2, 0.25) is 0 Å². The third kappa shape index (κ3) is 1.88. The van der Waals surface area contributed by atoms with Gasteiger partial charge in [0.1, 0.15) is 18.2 Å². The van der Waals surface area contributed by atoms with Gasteiger partial charge >= 0.3 is 41.7 Å². The first kappa shape index (κ1) is 15.3. The molecule has 20 heavy (non-hydrogen) atoms. The van der Waals surface area contributed by atoms with E-state index in [4.69, 9.17) is 14.6 Å². The third-order valence-electron chi connectivity index (χ3n) is 4.03. The molecule has 3 unspecified atom stereocenters. The number of β-lactam (4-membered cyclic amide) rings is 1. The Labute approximate surface area is 137 Å². The van der Waals surface area contributed by atoms with E-state index < -0.39 is 23.6 Å². The second-order valence-electron chi connectivity index (χ2n) is 5.34. The van der Waals surface area contributed by atoms with E-state index >= 15 is 0 Å². The molecule has 1 amide bonds. The Morgan fingerprint density at radius 1 is 1.45 bits per heavy atom. The second-order valence-corrected chi connectivity index (χ2v) is 5.34. The number of carbonyl (C=O) groups excluding carboxylic acids is 2. The standard InChI is InChI=1S/C12H13NO6.Na.H/c1-5-3-6-7(12(2)4-18-11(17)19-12)9(14)13(6)8(5)10(15)16;;/h6-7H,3-4H2,1-2H3,(H,15,16);;. The molecule has 0 saturated carbocycles. The van der Waals surface area contributed by atoms with Crippen molar-refractivity contribution < 1.29 is 29.0 Å². The molecule has 3 aliphatic rings. The third-order valence-corrected chi connectivity index (χ3v) is 4.03. The van der Waals surface area contributed by atoms with Crippen molar-refractivity contribution in [3.05, 3.63) is 11.3 Å². The molecule has 8 heteroatoms. The first-order chi connectivity index (χ1) is 8.85. The summed E-state index contributed by atoms with van der Waals surface area (Å²) in [4.78, 5) is 35.7. The van der Waals surface area contributed by atoms with Gasteiger partial charge in [-0.3, -0.25) is 4.79 Å². The van der Waals surface area contributed by atoms with Gasteiger partial charge in [0.2, 0.25) is 5.91 Å². The minimum atomic E-state index is -1.10. The molecule has 1 N–H and O–H groups in total. The van der Waals surface area contributed by atoms with Gasteiger partial charge in [0.25, 0.3) is 0 Å². The molecular weight excluding hydrogens is 277 g/mol. The number of carboxylic acids is 1. The number of fused-ring (bicyclic) bond motifs is 1. The van der Waals surface area contributed by atoms with Crippen molar-refractivity contribution in [3.63, 3.8) is 0 Å². The van der Waals surface area contributed by atoms with Crippen molar-refractivity contribution in [1.82, 2.24) is 4.90 Å². The molecule has 0 spiro atoms. The van der Waals surface area contributed by atoms with Crippen LogP contribution < -0.4 is 0 Å². The number of hydrogen-bond acceptors (Lipinski definition) is 5. The molecule has 3 heterocycles. The minimum absolute atomic E-state index is 0. The van der Waals surface area contributed by atoms with Gasteiger partial charge in [0.15, 0.2) is 5.60 Å². The van der Waals surface area contributed by atoms with E-state index in [9.17, 15) is 14.4 Å². The summed E-state index contributed by atoms with van der Waals surface area (Å²) in [5, 5.41) is 9.12. The number of nitrogens with zero attached hydrogens (tertiary/aromatic N) is 1. The van der Waals surface area contributed by atoms with Crippen molar-refractivity contribution in [2.75, 3.05) is 6.61 Å². The first-order valence-corrected chi connectivity index (χ1v) is 5.97. The fraction of sp³-hybridized carbons (Fsp3) is 0.583. The topological polar surface area (TPSA) is 93.1 Å². The van der Waals surface area contributed by atoms with Crippen LogP contribution in [-0.4, -0.2) is 75.8 Å². The van der Waals surface area contributed by atoms with Gasteiger partial charge in [0.05, 0.1) is 6.04 Å². The molecule has 0 aromatic heterocycles. The molecule has 3 atom stereocenters. The molecule has 0 radical (unpaired) electrons. The predicted molar refractivity (Wildman–Crippen MR) is 67.1 cm³/mol. The molecule has 2 fully saturated rings. The average Bonchev–Trinajstić information content (AvgIpc) is 2.78. The fourth-order valence-corrected chi connectivity index (χ4v) is 3.20. The Balaban J connectivity index is 0.00000147. The van der Waals surface area contributed by atoms with Crippen molar-refractivity contribution in [2.24, 2.45) is 5.92 Å². The number of cyclic esters (lactones) is 2. The molecule has 0 bridgehead atoms. The van der Waals surface area contributed by atoms with Crippen LogP contribution in [0.5, 0.6) is 0 Å². The van der Waals surface area contributed by atoms with Crippen LogP contribution in [0.4, 0.5) is 4.79 Å². The normalized spacial score (nSPS) is 35.0. The zero-order valence-corrected chi connectivity index (χ0v) is 10.5. The molecule has 0 aromatic carbocycles. The average molecular weight is 291 g/mol. The van der Waals surface area contributed by atoms with E-state index in [1.807, 2.05) is 0 Å². The van der Waals surface area contributed by atoms with Crippen LogP contribution in [-0.2, 0) is 19.1 Å². The predicted octanol–water partition coefficient (Wildman–Crippen LogP) is -0.147. The Hall–Kier alpha value is -1.05. The maximum absolute atomic E-state index is 12.2. The number of amides is 1. The molecule has 3 rings (SSSR count). The summed E-state index contributed by atoms with van der Waals surface area (Å²) in [5.74, 6) is -1.96. The van der Waals surface area contributed by atoms with Crippen LogP contribution in [0.1, 0.15) is 20.3 Å². The summed E-state index contributed by atoms with van der Waals surface area (Å²) >= 11 is 0. The molecule has 104 valence electrons. The number of rotatable bonds is 2. The SMILES string of the molecule is CC1=C(C(=O)O)N2C(=O)C(C3(C)COC(=O)O3)C2C1.[NaH]. The quantitative estimate of drug-likeness (QED) is 0.432. The Morgan fingerprint density at radius 3 is 2.60 bits per heavy atom. The van der Waals surface area contributed by atoms with Gasteiger partial charge in [-0.15, -0.1) is 0 Å². The van der Waals surface area contributed by atoms with Crippen molar-refractivity contribution >= 4 is 47.6 Å². The molecule has 3 aliphatic heterocycles. The van der Waals surface area contributed by atoms with E-state index in [0.717, 1.165) is 0 Å². The van der Waals surface area contributed by atoms with Crippen LogP contribution in [0, 0.1) is 5.92 Å². The van der Waals surface area contributed by atoms with Gasteiger partial charge in [0, 0.05) is 0 Å². The van der Waals surface area contributed by atoms with Crippen LogP contribution >= 0.6 is 0 Å². The van der Waals surface area contributed by atoms with Gasteiger partial charge in [-0.05, 0) is 25.8 Å². The molecular formula is C12H14NNaO6. The Bertz CT molecular complexity index is 544. The van der Waals surface area contributed by atoms with E-state index in [2.05, 4.69) is 0 Å². The van der Waals surface area contributed by atoms with E-state index in [1.165, 1.54) is 4.90 Å². The van der Waals surface area contributed by atoms with E-state index in [-0.39, 0.29) is 53.8 Å². The van der Waals surface area contributed by atoms with Crippen LogP contribution in [0.15, 0.2) is 11.3 Å². The summed E-state index contributed by atoms with van der Waals surface area (Å²) in [6, 6.07) is -0.252. The van der Waals surface area contributed by atoms with Gasteiger partial charge < -0.3 is 19.5 Å². The summed E-state index contributed by atoms with van der Waals surface area (Å²) in [7, 11) is 0. The monoisotopic (exact) mass is 291 g/mol. The van der Waals surface area contributed by atoms with Crippen molar-refractivity contribution in [2.45, 2.75) is 31.9 Å². The summed E-state index contributed by atoms with van der Waals surface area (Å²) < 4.78 is 9.85. The summed E-state index contributed by atoms with van der Waals surface area (Å²) in [6.07, 6.45) is -0.291. The number of hydrogen-bond donors (Lipinski definition) is 1. The molecule has 0 aliphatic carbocycles. The molecule has 7 nitrogen and oxygen atoms in total. The van der Waals surface area contributed by atoms with Crippen molar-refractivity contribution in [3.8, 4) is 0 Å². The first-order valence-electron chi connectivity index (χ1n) is 5.97. The van der Waals surface area contributed by atoms with Crippen molar-refractivity contribution in [1.29, 1.82) is 0 Å². The number of aliphatic carboxylic acids is 1. The molecule has 2 saturated heterocycles. The Kier molecular flexibility index (Phi) is 3.64. The summed E-state index contributed by atoms with van der Waals surface area (Å²) in [5.41, 5.74) is -0.272. The van der Waals surface area contributed by atoms with Gasteiger partial charge in [-0.25, -0.2) is 9.59 Å². The van der Waals surface area contributed by atoms with Crippen LogP contribution in [0.25, 0.3) is 0 Å². The van der Waals surface area contributed by atoms with E-state index in [0.29, 0.717) is 12.0 Å². The van der Waals surface area contributed by atoms with Crippen LogP contribution in [0.3, 0.4) is 0 Å². The second kappa shape index (κ2) is 4.75. The van der Waals surface area contributed by atoms with E-state index in [1.54, 1.807) is 13.8 Å². The molecule has 0 aromatic rings. The fourth-order valence-electron chi connectivity index (χ4n) is 3.20. The number of carboxylic acid groups (broad SMARTS) is 1. The zero-order chi connectivity index (χ0) is 13.9. The summed E-state index contributed by atoms with van der Waals surface area (Å²) in [6.45, 7) is 3.37. The zero-order valence-electron chi connectivity index (χ0n) is 10.5. The van der Waals surface area contributed by atoms with Gasteiger partial charge in [-0.1, -0.05) is 0 Å². The number of ether oxygens (including phenoxy) is 2.